The molecule has 1 aliphatic heterocycles. The fourth-order valence-electron chi connectivity index (χ4n) is 3.65. The maximum atomic E-state index is 13.1. The van der Waals surface area contributed by atoms with Crippen molar-refractivity contribution in [1.29, 1.82) is 0 Å². The van der Waals surface area contributed by atoms with Crippen LogP contribution in [0, 0.1) is 12.7 Å². The maximum Gasteiger partial charge on any atom is 0.227 e. The second-order valence-electron chi connectivity index (χ2n) is 7.50. The van der Waals surface area contributed by atoms with Crippen molar-refractivity contribution in [1.82, 2.24) is 4.90 Å². The second kappa shape index (κ2) is 8.57. The van der Waals surface area contributed by atoms with Crippen molar-refractivity contribution in [3.63, 3.8) is 0 Å². The lowest BCUT2D eigenvalue weighted by Crippen LogP contribution is -2.33. The van der Waals surface area contributed by atoms with Gasteiger partial charge < -0.3 is 14.4 Å². The van der Waals surface area contributed by atoms with Gasteiger partial charge in [0.1, 0.15) is 12.4 Å². The van der Waals surface area contributed by atoms with Gasteiger partial charge in [-0.15, -0.1) is 0 Å². The van der Waals surface area contributed by atoms with Crippen LogP contribution < -0.4 is 9.47 Å². The van der Waals surface area contributed by atoms with E-state index in [1.165, 1.54) is 17.7 Å². The van der Waals surface area contributed by atoms with Crippen molar-refractivity contribution < 1.29 is 18.7 Å². The Labute approximate surface area is 175 Å². The largest absolute Gasteiger partial charge is 0.493 e. The zero-order valence-electron chi connectivity index (χ0n) is 17.2. The number of halogens is 1. The minimum absolute atomic E-state index is 0.0160. The molecule has 5 heteroatoms. The Bertz CT molecular complexity index is 1050. The first-order chi connectivity index (χ1) is 14.5. The lowest BCUT2D eigenvalue weighted by atomic mass is 10.0. The molecule has 1 amide bonds. The molecule has 1 aliphatic rings. The van der Waals surface area contributed by atoms with E-state index >= 15 is 0 Å². The molecule has 0 radical (unpaired) electrons. The number of aryl methyl sites for hydroxylation is 1. The van der Waals surface area contributed by atoms with E-state index < -0.39 is 0 Å². The van der Waals surface area contributed by atoms with Gasteiger partial charge in [0.25, 0.3) is 0 Å². The molecule has 1 heterocycles. The molecular weight excluding hydrogens is 381 g/mol. The summed E-state index contributed by atoms with van der Waals surface area (Å²) in [5.74, 6) is 1.03. The van der Waals surface area contributed by atoms with E-state index in [4.69, 9.17) is 9.47 Å². The molecule has 154 valence electrons. The lowest BCUT2D eigenvalue weighted by molar-refractivity contribution is -0.131. The number of methoxy groups -OCH3 is 1. The van der Waals surface area contributed by atoms with Gasteiger partial charge in [-0.2, -0.15) is 0 Å². The standard InChI is InChI=1S/C25H24FNO3/c1-17-3-7-19(8-4-17)20-14-21-16-27(11-12-30-25(21)23(15-20)29-2)24(28)13-18-5-9-22(26)10-6-18/h3-10,14-15H,11-13,16H2,1-2H3. The van der Waals surface area contributed by atoms with Crippen LogP contribution in [0.3, 0.4) is 0 Å². The molecule has 3 aromatic rings. The van der Waals surface area contributed by atoms with E-state index in [0.29, 0.717) is 31.2 Å². The molecule has 0 unspecified atom stereocenters. The number of fused-ring (bicyclic) bond motifs is 1. The summed E-state index contributed by atoms with van der Waals surface area (Å²) < 4.78 is 24.7. The van der Waals surface area contributed by atoms with Crippen LogP contribution in [0.15, 0.2) is 60.7 Å². The van der Waals surface area contributed by atoms with Crippen molar-refractivity contribution in [2.24, 2.45) is 0 Å². The molecule has 4 nitrogen and oxygen atoms in total. The number of carbonyl (C=O) groups is 1. The Morgan fingerprint density at radius 2 is 1.80 bits per heavy atom. The quantitative estimate of drug-likeness (QED) is 0.627. The van der Waals surface area contributed by atoms with Gasteiger partial charge in [0.05, 0.1) is 20.1 Å². The van der Waals surface area contributed by atoms with Gasteiger partial charge in [0, 0.05) is 12.1 Å². The number of hydrogen-bond donors (Lipinski definition) is 0. The molecule has 0 aliphatic carbocycles. The minimum Gasteiger partial charge on any atom is -0.493 e. The lowest BCUT2D eigenvalue weighted by Gasteiger charge is -2.20. The van der Waals surface area contributed by atoms with Gasteiger partial charge in [-0.05, 0) is 47.9 Å². The normalized spacial score (nSPS) is 13.2. The fourth-order valence-corrected chi connectivity index (χ4v) is 3.65. The summed E-state index contributed by atoms with van der Waals surface area (Å²) in [5, 5.41) is 0. The van der Waals surface area contributed by atoms with E-state index in [0.717, 1.165) is 22.3 Å². The number of amides is 1. The Balaban J connectivity index is 1.62. The Morgan fingerprint density at radius 1 is 1.07 bits per heavy atom. The molecule has 30 heavy (non-hydrogen) atoms. The van der Waals surface area contributed by atoms with Crippen LogP contribution in [0.1, 0.15) is 16.7 Å². The number of carbonyl (C=O) groups excluding carboxylic acids is 1. The summed E-state index contributed by atoms with van der Waals surface area (Å²) in [5.41, 5.74) is 4.99. The molecule has 0 saturated heterocycles. The topological polar surface area (TPSA) is 38.8 Å². The maximum absolute atomic E-state index is 13.1. The van der Waals surface area contributed by atoms with Gasteiger partial charge in [0.15, 0.2) is 11.5 Å². The van der Waals surface area contributed by atoms with Crippen LogP contribution in [-0.4, -0.2) is 31.1 Å². The number of nitrogens with zero attached hydrogens (tertiary/aromatic N) is 1. The summed E-state index contributed by atoms with van der Waals surface area (Å²) in [6.45, 7) is 3.37. The van der Waals surface area contributed by atoms with Crippen molar-refractivity contribution in [2.75, 3.05) is 20.3 Å². The zero-order valence-corrected chi connectivity index (χ0v) is 17.2. The first-order valence-corrected chi connectivity index (χ1v) is 9.96. The molecule has 0 N–H and O–H groups in total. The molecule has 4 rings (SSSR count). The van der Waals surface area contributed by atoms with Crippen molar-refractivity contribution >= 4 is 5.91 Å². The Hall–Kier alpha value is -3.34. The summed E-state index contributed by atoms with van der Waals surface area (Å²) in [7, 11) is 1.63. The van der Waals surface area contributed by atoms with Gasteiger partial charge in [0.2, 0.25) is 5.91 Å². The van der Waals surface area contributed by atoms with E-state index in [1.54, 1.807) is 24.1 Å². The van der Waals surface area contributed by atoms with Crippen LogP contribution in [0.4, 0.5) is 4.39 Å². The van der Waals surface area contributed by atoms with Crippen molar-refractivity contribution in [3.8, 4) is 22.6 Å². The molecule has 0 saturated carbocycles. The molecular formula is C25H24FNO3. The third-order valence-corrected chi connectivity index (χ3v) is 5.33. The minimum atomic E-state index is -0.306. The number of ether oxygens (including phenoxy) is 2. The van der Waals surface area contributed by atoms with Crippen LogP contribution in [0.5, 0.6) is 11.5 Å². The van der Waals surface area contributed by atoms with Crippen LogP contribution in [0.25, 0.3) is 11.1 Å². The summed E-state index contributed by atoms with van der Waals surface area (Å²) in [6.07, 6.45) is 0.227. The highest BCUT2D eigenvalue weighted by atomic mass is 19.1. The van der Waals surface area contributed by atoms with Crippen molar-refractivity contribution in [2.45, 2.75) is 19.9 Å². The molecule has 0 atom stereocenters. The monoisotopic (exact) mass is 405 g/mol. The molecule has 0 fully saturated rings. The number of hydrogen-bond acceptors (Lipinski definition) is 3. The van der Waals surface area contributed by atoms with Crippen LogP contribution in [-0.2, 0) is 17.8 Å². The van der Waals surface area contributed by atoms with Gasteiger partial charge in [-0.3, -0.25) is 4.79 Å². The van der Waals surface area contributed by atoms with E-state index in [1.807, 2.05) is 6.07 Å². The van der Waals surface area contributed by atoms with Crippen molar-refractivity contribution in [3.05, 3.63) is 83.2 Å². The average molecular weight is 405 g/mol. The van der Waals surface area contributed by atoms with Gasteiger partial charge in [-0.25, -0.2) is 4.39 Å². The first-order valence-electron chi connectivity index (χ1n) is 9.96. The molecule has 0 spiro atoms. The van der Waals surface area contributed by atoms with Crippen LogP contribution in [0.2, 0.25) is 0 Å². The Morgan fingerprint density at radius 3 is 2.50 bits per heavy atom. The number of benzene rings is 3. The third kappa shape index (κ3) is 4.30. The average Bonchev–Trinajstić information content (AvgIpc) is 2.98. The summed E-state index contributed by atoms with van der Waals surface area (Å²) >= 11 is 0. The highest BCUT2D eigenvalue weighted by Gasteiger charge is 2.23. The highest BCUT2D eigenvalue weighted by Crippen LogP contribution is 2.38. The molecule has 3 aromatic carbocycles. The second-order valence-corrected chi connectivity index (χ2v) is 7.50. The summed E-state index contributed by atoms with van der Waals surface area (Å²) in [4.78, 5) is 14.7. The van der Waals surface area contributed by atoms with Gasteiger partial charge in [-0.1, -0.05) is 42.0 Å². The SMILES string of the molecule is COc1cc(-c2ccc(C)cc2)cc2c1OCCN(C(=O)Cc1ccc(F)cc1)C2. The smallest absolute Gasteiger partial charge is 0.227 e. The van der Waals surface area contributed by atoms with E-state index in [-0.39, 0.29) is 18.1 Å². The molecule has 0 aromatic heterocycles. The van der Waals surface area contributed by atoms with Crippen LogP contribution >= 0.6 is 0 Å². The summed E-state index contributed by atoms with van der Waals surface area (Å²) in [6, 6.07) is 18.4. The first kappa shape index (κ1) is 20.0. The predicted molar refractivity (Wildman–Crippen MR) is 114 cm³/mol. The molecule has 0 bridgehead atoms. The Kier molecular flexibility index (Phi) is 5.70. The van der Waals surface area contributed by atoms with Gasteiger partial charge >= 0.3 is 0 Å². The fraction of sp³-hybridized carbons (Fsp3) is 0.240. The predicted octanol–water partition coefficient (Wildman–Crippen LogP) is 4.77. The zero-order chi connectivity index (χ0) is 21.1. The number of rotatable bonds is 4. The highest BCUT2D eigenvalue weighted by molar-refractivity contribution is 5.79. The van der Waals surface area contributed by atoms with E-state index in [9.17, 15) is 9.18 Å². The third-order valence-electron chi connectivity index (χ3n) is 5.33. The van der Waals surface area contributed by atoms with E-state index in [2.05, 4.69) is 37.3 Å².